The number of aryl methyl sites for hydroxylation is 5. The molecule has 0 amide bonds. The maximum absolute atomic E-state index is 12.8. The molecule has 15 rings (SSSR count). The fraction of sp³-hybridized carbons (Fsp3) is 0.197. The van der Waals surface area contributed by atoms with Crippen LogP contribution in [0.25, 0.3) is 44.9 Å². The number of benzene rings is 8. The van der Waals surface area contributed by atoms with Crippen molar-refractivity contribution in [3.8, 4) is 0 Å². The van der Waals surface area contributed by atoms with Crippen LogP contribution in [0.2, 0.25) is 0 Å². The second kappa shape index (κ2) is 30.9. The molecular formula is C76H73BrClN3O9S3. The first kappa shape index (κ1) is 68.8. The molecule has 0 saturated heterocycles. The quantitative estimate of drug-likeness (QED) is 0.0695. The van der Waals surface area contributed by atoms with E-state index in [0.717, 1.165) is 86.5 Å². The second-order valence-electron chi connectivity index (χ2n) is 23.2. The number of hydrogen-bond donors (Lipinski definition) is 0. The molecule has 2 saturated carbocycles. The predicted octanol–water partition coefficient (Wildman–Crippen LogP) is 17.5. The van der Waals surface area contributed by atoms with Gasteiger partial charge in [-0.1, -0.05) is 174 Å². The van der Waals surface area contributed by atoms with Crippen molar-refractivity contribution in [1.82, 2.24) is 12.5 Å². The van der Waals surface area contributed by atoms with Crippen molar-refractivity contribution in [1.29, 1.82) is 0 Å². The molecule has 0 bridgehead atoms. The Morgan fingerprint density at radius 2 is 0.946 bits per heavy atom. The molecule has 0 aliphatic heterocycles. The summed E-state index contributed by atoms with van der Waals surface area (Å²) < 4.78 is 76.8. The van der Waals surface area contributed by atoms with Gasteiger partial charge in [0.05, 0.1) is 42.6 Å². The van der Waals surface area contributed by atoms with Crippen molar-refractivity contribution in [3.63, 3.8) is 0 Å². The van der Waals surface area contributed by atoms with Gasteiger partial charge in [0.15, 0.2) is 12.6 Å². The van der Waals surface area contributed by atoms with E-state index in [0.29, 0.717) is 16.7 Å². The maximum atomic E-state index is 12.8. The van der Waals surface area contributed by atoms with E-state index in [1.807, 2.05) is 74.5 Å². The largest absolute Gasteiger partial charge is 0.338 e. The van der Waals surface area contributed by atoms with Gasteiger partial charge >= 0.3 is 0 Å². The van der Waals surface area contributed by atoms with Gasteiger partial charge in [0, 0.05) is 51.3 Å². The smallest absolute Gasteiger partial charge is 0.268 e. The van der Waals surface area contributed by atoms with Gasteiger partial charge < -0.3 is 4.57 Å². The molecule has 4 aliphatic rings. The third-order valence-corrected chi connectivity index (χ3v) is 22.0. The number of allylic oxidation sites excluding steroid dienone is 2. The molecule has 11 aromatic rings. The molecular weight excluding hydrogens is 1310 g/mol. The number of aromatic nitrogens is 3. The van der Waals surface area contributed by atoms with Gasteiger partial charge in [0.2, 0.25) is 0 Å². The van der Waals surface area contributed by atoms with Gasteiger partial charge in [0.1, 0.15) is 6.29 Å². The maximum Gasteiger partial charge on any atom is 0.268 e. The summed E-state index contributed by atoms with van der Waals surface area (Å²) in [7, 11) is -5.83. The van der Waals surface area contributed by atoms with E-state index in [-0.39, 0.29) is 15.5 Å². The Hall–Kier alpha value is -8.51. The van der Waals surface area contributed by atoms with Crippen molar-refractivity contribution in [2.45, 2.75) is 94.4 Å². The van der Waals surface area contributed by atoms with Crippen molar-refractivity contribution in [3.05, 3.63) is 279 Å². The lowest BCUT2D eigenvalue weighted by Gasteiger charge is -2.10. The van der Waals surface area contributed by atoms with Crippen molar-refractivity contribution in [2.75, 3.05) is 5.33 Å². The Kier molecular flexibility index (Phi) is 22.9. The molecule has 0 unspecified atom stereocenters. The van der Waals surface area contributed by atoms with Gasteiger partial charge in [-0.15, -0.1) is 0 Å². The molecule has 478 valence electrons. The van der Waals surface area contributed by atoms with Crippen LogP contribution in [-0.4, -0.2) is 62.0 Å². The minimum Gasteiger partial charge on any atom is -0.338 e. The van der Waals surface area contributed by atoms with Crippen LogP contribution in [0.15, 0.2) is 233 Å². The number of para-hydroxylation sites is 3. The van der Waals surface area contributed by atoms with Crippen molar-refractivity contribution >= 4 is 119 Å². The van der Waals surface area contributed by atoms with E-state index in [9.17, 15) is 39.6 Å². The van der Waals surface area contributed by atoms with Crippen LogP contribution in [0.4, 0.5) is 0 Å². The summed E-state index contributed by atoms with van der Waals surface area (Å²) in [6.45, 7) is 11.1. The number of nitrogens with zero attached hydrogens (tertiary/aromatic N) is 3. The molecule has 17 heteroatoms. The molecule has 0 atom stereocenters. The van der Waals surface area contributed by atoms with Gasteiger partial charge in [-0.3, -0.25) is 14.4 Å². The molecule has 0 N–H and O–H groups in total. The first-order chi connectivity index (χ1) is 44.7. The van der Waals surface area contributed by atoms with Gasteiger partial charge in [-0.05, 0) is 195 Å². The highest BCUT2D eigenvalue weighted by molar-refractivity contribution is 9.09. The molecule has 12 nitrogen and oxygen atoms in total. The average molecular weight is 1380 g/mol. The molecule has 4 aliphatic carbocycles. The van der Waals surface area contributed by atoms with E-state index in [1.165, 1.54) is 109 Å². The average Bonchev–Trinajstić information content (AvgIpc) is 1.65. The van der Waals surface area contributed by atoms with E-state index < -0.39 is 29.1 Å². The van der Waals surface area contributed by atoms with Crippen LogP contribution in [0, 0.1) is 46.5 Å². The number of rotatable bonds is 11. The zero-order valence-electron chi connectivity index (χ0n) is 52.4. The van der Waals surface area contributed by atoms with Crippen LogP contribution in [0.1, 0.15) is 96.7 Å². The molecule has 2 fully saturated rings. The third-order valence-electron chi connectivity index (χ3n) is 16.3. The Morgan fingerprint density at radius 1 is 0.473 bits per heavy atom. The Balaban J connectivity index is 0.000000132. The number of fused-ring (bicyclic) bond motifs is 5. The van der Waals surface area contributed by atoms with E-state index in [2.05, 4.69) is 95.9 Å². The molecule has 3 aromatic heterocycles. The first-order valence-electron chi connectivity index (χ1n) is 30.5. The van der Waals surface area contributed by atoms with E-state index in [1.54, 1.807) is 85.1 Å². The summed E-state index contributed by atoms with van der Waals surface area (Å²) in [6.07, 6.45) is 18.0. The molecule has 0 radical (unpaired) electrons. The lowest BCUT2D eigenvalue weighted by atomic mass is 10.0. The lowest BCUT2D eigenvalue weighted by Crippen LogP contribution is -2.15. The zero-order chi connectivity index (χ0) is 66.5. The highest BCUT2D eigenvalue weighted by atomic mass is 79.9. The monoisotopic (exact) mass is 1380 g/mol. The van der Waals surface area contributed by atoms with Crippen LogP contribution < -0.4 is 0 Å². The fourth-order valence-corrected chi connectivity index (χ4v) is 15.5. The highest BCUT2D eigenvalue weighted by Crippen LogP contribution is 2.35. The summed E-state index contributed by atoms with van der Waals surface area (Å²) in [6, 6.07) is 60.0. The number of carbonyl (C=O) groups excluding carboxylic acids is 3. The zero-order valence-corrected chi connectivity index (χ0v) is 57.2. The topological polar surface area (TPSA) is 168 Å². The lowest BCUT2D eigenvalue weighted by molar-refractivity contribution is -0.104. The van der Waals surface area contributed by atoms with Gasteiger partial charge in [0.25, 0.3) is 29.1 Å². The minimum atomic E-state index is -3.80. The van der Waals surface area contributed by atoms with Crippen molar-refractivity contribution < 1.29 is 39.6 Å². The second-order valence-corrected chi connectivity index (χ2v) is 30.0. The molecule has 8 aromatic carbocycles. The Bertz CT molecular complexity index is 4900. The van der Waals surface area contributed by atoms with Crippen molar-refractivity contribution in [2.24, 2.45) is 11.8 Å². The fourth-order valence-electron chi connectivity index (χ4n) is 11.0. The molecule has 3 heterocycles. The summed E-state index contributed by atoms with van der Waals surface area (Å²) >= 11 is 3.38. The normalized spacial score (nSPS) is 13.5. The summed E-state index contributed by atoms with van der Waals surface area (Å²) in [5, 5.41) is 4.08. The van der Waals surface area contributed by atoms with Crippen LogP contribution in [0.3, 0.4) is 0 Å². The number of carbonyl (C=O) groups is 3. The minimum absolute atomic E-state index is 0.128. The van der Waals surface area contributed by atoms with Crippen LogP contribution in [0.5, 0.6) is 0 Å². The standard InChI is InChI=1S/C16H13NO3S.C15H13NO2S.C14H15NO.C11H10O.C10H10.C6H5ClO2S.C4H7Br/c1-12-6-5-7-13-10-14(11-18)17(16(12)13)21(19,20)15-8-3-2-4-9-15;1-12-6-5-7-13-10-11-16(15(12)13)19(17,18)14-8-3-2-4-9-14;1-10-3-2-4-12-7-13(9-16)15(14(10)12)8-11-5-6-11;1-8-3-2-4-10-5-9(7-12)6-11(8)10;1-8-4-2-5-9-6-3-7-10(8)9;7-10(8,9)6-4-2-1-3-5-6;5-3-4-1-2-4/h2-11H,1H3;2-11H,1H3;2-4,7,9,11H,5-6,8H2,1H3;2-5,7H,6H2,1H3;2-6H,7H2,1H3;1-5H;4H,1-3H2. The van der Waals surface area contributed by atoms with E-state index in [4.69, 9.17) is 10.7 Å². The summed E-state index contributed by atoms with van der Waals surface area (Å²) in [4.78, 5) is 33.5. The summed E-state index contributed by atoms with van der Waals surface area (Å²) in [5.74, 6) is 1.84. The number of aldehydes is 3. The Labute approximate surface area is 558 Å². The SMILES string of the molecule is BrCC1CC1.Cc1cccc2c1CC(C=O)=C2.Cc1cccc2c1CC=C2.Cc1cccc2cc(C=O)n(CC3CC3)c12.Cc1cccc2cc(C=O)n(S(=O)(=O)c3ccccc3)c12.Cc1cccc2ccn(S(=O)(=O)c3ccccc3)c12.O=S(=O)(Cl)c1ccccc1. The predicted molar refractivity (Wildman–Crippen MR) is 380 cm³/mol. The first-order valence-corrected chi connectivity index (χ1v) is 36.8. The van der Waals surface area contributed by atoms with Crippen LogP contribution in [-0.2, 0) is 53.3 Å². The summed E-state index contributed by atoms with van der Waals surface area (Å²) in [5.41, 5.74) is 15.5. The van der Waals surface area contributed by atoms with E-state index >= 15 is 0 Å². The number of alkyl halides is 1. The Morgan fingerprint density at radius 3 is 1.44 bits per heavy atom. The molecule has 93 heavy (non-hydrogen) atoms. The number of halogens is 2. The van der Waals surface area contributed by atoms with Crippen LogP contribution >= 0.6 is 26.6 Å². The number of hydrogen-bond acceptors (Lipinski definition) is 9. The van der Waals surface area contributed by atoms with Gasteiger partial charge in [-0.25, -0.2) is 33.2 Å². The highest BCUT2D eigenvalue weighted by Gasteiger charge is 2.26. The van der Waals surface area contributed by atoms with Gasteiger partial charge in [-0.2, -0.15) is 0 Å². The molecule has 0 spiro atoms. The third kappa shape index (κ3) is 17.0.